The van der Waals surface area contributed by atoms with Gasteiger partial charge in [-0.05, 0) is 43.0 Å². The summed E-state index contributed by atoms with van der Waals surface area (Å²) in [4.78, 5) is 11.2. The van der Waals surface area contributed by atoms with Crippen molar-refractivity contribution in [2.75, 3.05) is 0 Å². The Kier molecular flexibility index (Phi) is 11.2. The van der Waals surface area contributed by atoms with E-state index in [1.54, 1.807) is 24.3 Å². The minimum atomic E-state index is -0.771. The summed E-state index contributed by atoms with van der Waals surface area (Å²) in [6.45, 7) is 4.21. The molecule has 2 aromatic rings. The lowest BCUT2D eigenvalue weighted by molar-refractivity contribution is 0.103. The molecule has 2 rings (SSSR count). The van der Waals surface area contributed by atoms with E-state index in [1.165, 1.54) is 12.5 Å². The van der Waals surface area contributed by atoms with Crippen molar-refractivity contribution in [2.45, 2.75) is 58.5 Å². The Hall–Kier alpha value is -2.69. The smallest absolute Gasteiger partial charge is 0.271 e. The van der Waals surface area contributed by atoms with Crippen LogP contribution in [-0.2, 0) is 0 Å². The third kappa shape index (κ3) is 8.97. The number of carbonyl (C=O) groups is 1. The molecule has 0 aliphatic rings. The van der Waals surface area contributed by atoms with E-state index in [0.717, 1.165) is 38.5 Å². The van der Waals surface area contributed by atoms with Crippen LogP contribution in [0.1, 0.15) is 74.8 Å². The minimum absolute atomic E-state index is 0.235. The van der Waals surface area contributed by atoms with Crippen LogP contribution in [0.25, 0.3) is 0 Å². The number of hydrogen-bond donors (Lipinski definition) is 1. The molecule has 0 saturated heterocycles. The Morgan fingerprint density at radius 1 is 1.04 bits per heavy atom. The Bertz CT molecular complexity index is 719. The van der Waals surface area contributed by atoms with Crippen LogP contribution in [-0.4, -0.2) is 10.9 Å². The van der Waals surface area contributed by atoms with E-state index in [2.05, 4.69) is 37.5 Å². The highest BCUT2D eigenvalue weighted by atomic mass is 16.4. The summed E-state index contributed by atoms with van der Waals surface area (Å²) in [7, 11) is 0. The van der Waals surface area contributed by atoms with Gasteiger partial charge in [0.15, 0.2) is 11.9 Å². The van der Waals surface area contributed by atoms with Crippen molar-refractivity contribution in [1.29, 1.82) is 0 Å². The van der Waals surface area contributed by atoms with E-state index in [1.807, 2.05) is 0 Å². The summed E-state index contributed by atoms with van der Waals surface area (Å²) in [5.41, 5.74) is 0. The maximum Gasteiger partial charge on any atom is 0.271 e. The number of carbonyl (C=O) groups excluding carboxylic acids is 1. The van der Waals surface area contributed by atoms with Crippen LogP contribution >= 0.6 is 0 Å². The fourth-order valence-electron chi connectivity index (χ4n) is 1.83. The van der Waals surface area contributed by atoms with Crippen LogP contribution in [0.15, 0.2) is 45.6 Å². The van der Waals surface area contributed by atoms with E-state index in [-0.39, 0.29) is 5.78 Å². The number of Topliss-reactive ketones (excluding diaryl/α,β-unsaturated/α-hetero) is 1. The predicted octanol–water partition coefficient (Wildman–Crippen LogP) is 5.16. The molecule has 0 aliphatic carbocycles. The highest BCUT2D eigenvalue weighted by Crippen LogP contribution is 2.11. The number of rotatable bonds is 6. The first-order valence-corrected chi connectivity index (χ1v) is 8.95. The second-order valence-corrected chi connectivity index (χ2v) is 5.55. The Labute approximate surface area is 155 Å². The van der Waals surface area contributed by atoms with E-state index in [0.29, 0.717) is 11.5 Å². The van der Waals surface area contributed by atoms with Crippen molar-refractivity contribution in [1.82, 2.24) is 0 Å². The molecule has 0 saturated carbocycles. The molecule has 0 radical (unpaired) electrons. The van der Waals surface area contributed by atoms with Gasteiger partial charge in [0.25, 0.3) is 5.78 Å². The van der Waals surface area contributed by atoms with Crippen molar-refractivity contribution in [3.05, 3.63) is 48.3 Å². The van der Waals surface area contributed by atoms with Crippen LogP contribution in [0.5, 0.6) is 0 Å². The molecule has 138 valence electrons. The maximum atomic E-state index is 11.2. The van der Waals surface area contributed by atoms with Gasteiger partial charge in [0, 0.05) is 12.8 Å². The lowest BCUT2D eigenvalue weighted by Crippen LogP contribution is -1.90. The molecule has 2 heterocycles. The van der Waals surface area contributed by atoms with Crippen LogP contribution in [0.2, 0.25) is 0 Å². The van der Waals surface area contributed by atoms with Crippen LogP contribution in [0.4, 0.5) is 0 Å². The molecule has 0 aliphatic heterocycles. The second-order valence-electron chi connectivity index (χ2n) is 5.55. The summed E-state index contributed by atoms with van der Waals surface area (Å²) < 4.78 is 9.90. The van der Waals surface area contributed by atoms with Gasteiger partial charge in [0.2, 0.25) is 0 Å². The van der Waals surface area contributed by atoms with E-state index < -0.39 is 6.10 Å². The third-order valence-electron chi connectivity index (χ3n) is 3.31. The van der Waals surface area contributed by atoms with E-state index in [4.69, 9.17) is 8.83 Å². The lowest BCUT2D eigenvalue weighted by Gasteiger charge is -1.96. The average Bonchev–Trinajstić information content (AvgIpc) is 3.36. The quantitative estimate of drug-likeness (QED) is 0.337. The van der Waals surface area contributed by atoms with Gasteiger partial charge in [-0.2, -0.15) is 0 Å². The molecule has 1 atom stereocenters. The fraction of sp³-hybridized carbons (Fsp3) is 0.409. The Morgan fingerprint density at radius 3 is 2.27 bits per heavy atom. The molecule has 4 nitrogen and oxygen atoms in total. The lowest BCUT2D eigenvalue weighted by atomic mass is 10.2. The summed E-state index contributed by atoms with van der Waals surface area (Å²) in [5.74, 6) is 11.6. The van der Waals surface area contributed by atoms with Crippen LogP contribution in [0, 0.1) is 23.7 Å². The van der Waals surface area contributed by atoms with Gasteiger partial charge in [0.05, 0.1) is 12.5 Å². The molecule has 1 unspecified atom stereocenters. The summed E-state index contributed by atoms with van der Waals surface area (Å²) in [6, 6.07) is 6.77. The van der Waals surface area contributed by atoms with Gasteiger partial charge < -0.3 is 13.9 Å². The first kappa shape index (κ1) is 21.4. The first-order valence-electron chi connectivity index (χ1n) is 8.95. The minimum Gasteiger partial charge on any atom is -0.466 e. The molecule has 0 aromatic carbocycles. The number of unbranched alkanes of at least 4 members (excludes halogenated alkanes) is 4. The van der Waals surface area contributed by atoms with Crippen molar-refractivity contribution < 1.29 is 18.7 Å². The van der Waals surface area contributed by atoms with Crippen molar-refractivity contribution in [3.63, 3.8) is 0 Å². The highest BCUT2D eigenvalue weighted by molar-refractivity contribution is 6.06. The molecule has 0 spiro atoms. The summed E-state index contributed by atoms with van der Waals surface area (Å²) in [5, 5.41) is 9.44. The van der Waals surface area contributed by atoms with Crippen molar-refractivity contribution >= 4 is 5.78 Å². The van der Waals surface area contributed by atoms with Gasteiger partial charge >= 0.3 is 0 Å². The molecule has 1 N–H and O–H groups in total. The zero-order chi connectivity index (χ0) is 19.0. The molecule has 0 fully saturated rings. The van der Waals surface area contributed by atoms with Gasteiger partial charge in [-0.15, -0.1) is 5.92 Å². The van der Waals surface area contributed by atoms with Gasteiger partial charge in [-0.25, -0.2) is 0 Å². The number of aliphatic hydroxyl groups is 1. The largest absolute Gasteiger partial charge is 0.466 e. The van der Waals surface area contributed by atoms with Crippen molar-refractivity contribution in [3.8, 4) is 23.7 Å². The zero-order valence-corrected chi connectivity index (χ0v) is 15.5. The van der Waals surface area contributed by atoms with Gasteiger partial charge in [0.1, 0.15) is 5.76 Å². The molecule has 2 aromatic heterocycles. The Morgan fingerprint density at radius 2 is 1.69 bits per heavy atom. The van der Waals surface area contributed by atoms with Gasteiger partial charge in [-0.3, -0.25) is 4.79 Å². The standard InChI is InChI=1S/C11H14O2.C11H12O2/c2*1-2-3-4-5-7-10(12)11-8-6-9-13-11/h6,8-10,12H,2-4H2,1H3;6,8-9H,2-4H2,1H3. The fourth-order valence-corrected chi connectivity index (χ4v) is 1.83. The second kappa shape index (κ2) is 13.6. The van der Waals surface area contributed by atoms with Crippen molar-refractivity contribution in [2.24, 2.45) is 0 Å². The Balaban J connectivity index is 0.000000260. The zero-order valence-electron chi connectivity index (χ0n) is 15.5. The molecule has 0 amide bonds. The predicted molar refractivity (Wildman–Crippen MR) is 101 cm³/mol. The number of hydrogen-bond acceptors (Lipinski definition) is 4. The summed E-state index contributed by atoms with van der Waals surface area (Å²) >= 11 is 0. The number of aliphatic hydroxyl groups excluding tert-OH is 1. The van der Waals surface area contributed by atoms with E-state index in [9.17, 15) is 9.90 Å². The first-order chi connectivity index (χ1) is 12.7. The van der Waals surface area contributed by atoms with Gasteiger partial charge in [-0.1, -0.05) is 38.5 Å². The highest BCUT2D eigenvalue weighted by Gasteiger charge is 2.04. The summed E-state index contributed by atoms with van der Waals surface area (Å²) in [6.07, 6.45) is 8.21. The molecule has 26 heavy (non-hydrogen) atoms. The third-order valence-corrected chi connectivity index (χ3v) is 3.31. The van der Waals surface area contributed by atoms with Crippen LogP contribution < -0.4 is 0 Å². The average molecular weight is 354 g/mol. The number of ketones is 1. The SMILES string of the molecule is CCCCC#CC(=O)c1ccco1.CCCCC#CC(O)c1ccco1. The molecule has 4 heteroatoms. The monoisotopic (exact) mass is 354 g/mol. The normalized spacial score (nSPS) is 10.4. The van der Waals surface area contributed by atoms with Crippen LogP contribution in [0.3, 0.4) is 0 Å². The number of furan rings is 2. The molecular weight excluding hydrogens is 328 g/mol. The molecule has 0 bridgehead atoms. The molecular formula is C22H26O4. The maximum absolute atomic E-state index is 11.2. The van der Waals surface area contributed by atoms with E-state index >= 15 is 0 Å². The topological polar surface area (TPSA) is 63.6 Å².